The van der Waals surface area contributed by atoms with Crippen LogP contribution in [0, 0.1) is 5.41 Å². The molecule has 7 heteroatoms. The molecule has 20 heavy (non-hydrogen) atoms. The Bertz CT molecular complexity index is 489. The van der Waals surface area contributed by atoms with Crippen molar-refractivity contribution in [3.63, 3.8) is 0 Å². The molecule has 0 atom stereocenters. The molecule has 0 aliphatic rings. The summed E-state index contributed by atoms with van der Waals surface area (Å²) >= 11 is 1.08. The average Bonchev–Trinajstić information content (AvgIpc) is 2.43. The molecule has 1 aromatic rings. The molecular formula is C13H17BrN2O3S. The van der Waals surface area contributed by atoms with Gasteiger partial charge in [0, 0.05) is 11.3 Å². The standard InChI is InChI=1S/C13H16N2O3S.BrH/c1-17-11-5-3-9(4-6-11)7-10(12(16)18-2)8-19-13(14)15;/h3-7H,8H2,1-2H3,(H3,14,15);1H/b10-7+;. The molecule has 1 rings (SSSR count). The Morgan fingerprint density at radius 2 is 1.95 bits per heavy atom. The van der Waals surface area contributed by atoms with Crippen molar-refractivity contribution in [2.75, 3.05) is 20.0 Å². The number of hydrogen-bond acceptors (Lipinski definition) is 5. The Labute approximate surface area is 132 Å². The minimum atomic E-state index is -0.426. The Hall–Kier alpha value is -1.47. The first-order valence-corrected chi connectivity index (χ1v) is 6.45. The van der Waals surface area contributed by atoms with Crippen molar-refractivity contribution >= 4 is 46.0 Å². The van der Waals surface area contributed by atoms with E-state index in [0.29, 0.717) is 11.3 Å². The molecule has 0 aromatic heterocycles. The van der Waals surface area contributed by atoms with E-state index >= 15 is 0 Å². The first kappa shape index (κ1) is 18.5. The SMILES string of the molecule is Br.COC(=O)/C(=C/c1ccc(OC)cc1)CSC(=N)N. The minimum absolute atomic E-state index is 0. The van der Waals surface area contributed by atoms with Crippen LogP contribution in [-0.2, 0) is 9.53 Å². The van der Waals surface area contributed by atoms with E-state index in [1.165, 1.54) is 7.11 Å². The van der Waals surface area contributed by atoms with Gasteiger partial charge in [-0.3, -0.25) is 5.41 Å². The fourth-order valence-electron chi connectivity index (χ4n) is 1.35. The Kier molecular flexibility index (Phi) is 8.74. The highest BCUT2D eigenvalue weighted by atomic mass is 79.9. The molecule has 110 valence electrons. The van der Waals surface area contributed by atoms with E-state index in [2.05, 4.69) is 0 Å². The van der Waals surface area contributed by atoms with E-state index in [1.54, 1.807) is 25.3 Å². The van der Waals surface area contributed by atoms with Crippen LogP contribution >= 0.6 is 28.7 Å². The number of hydrogen-bond donors (Lipinski definition) is 2. The highest BCUT2D eigenvalue weighted by Crippen LogP contribution is 2.17. The molecule has 0 amide bonds. The lowest BCUT2D eigenvalue weighted by molar-refractivity contribution is -0.135. The minimum Gasteiger partial charge on any atom is -0.497 e. The molecule has 0 aliphatic heterocycles. The third-order valence-corrected chi connectivity index (χ3v) is 3.05. The lowest BCUT2D eigenvalue weighted by Gasteiger charge is -2.05. The van der Waals surface area contributed by atoms with Gasteiger partial charge in [-0.05, 0) is 23.8 Å². The summed E-state index contributed by atoms with van der Waals surface area (Å²) in [5, 5.41) is 7.13. The zero-order valence-corrected chi connectivity index (χ0v) is 13.7. The number of amidine groups is 1. The highest BCUT2D eigenvalue weighted by molar-refractivity contribution is 8.93. The van der Waals surface area contributed by atoms with Gasteiger partial charge in [-0.2, -0.15) is 0 Å². The molecule has 5 nitrogen and oxygen atoms in total. The summed E-state index contributed by atoms with van der Waals surface area (Å²) in [6.07, 6.45) is 1.71. The topological polar surface area (TPSA) is 85.4 Å². The normalized spacial score (nSPS) is 10.4. The van der Waals surface area contributed by atoms with Crippen molar-refractivity contribution in [1.82, 2.24) is 0 Å². The number of halogens is 1. The highest BCUT2D eigenvalue weighted by Gasteiger charge is 2.10. The van der Waals surface area contributed by atoms with Crippen molar-refractivity contribution < 1.29 is 14.3 Å². The van der Waals surface area contributed by atoms with E-state index in [9.17, 15) is 4.79 Å². The first-order valence-electron chi connectivity index (χ1n) is 5.46. The number of carbonyl (C=O) groups excluding carboxylic acids is 1. The maximum absolute atomic E-state index is 11.6. The van der Waals surface area contributed by atoms with Crippen molar-refractivity contribution in [3.8, 4) is 5.75 Å². The van der Waals surface area contributed by atoms with Gasteiger partial charge in [-0.15, -0.1) is 17.0 Å². The first-order chi connectivity index (χ1) is 9.06. The second-order valence-electron chi connectivity index (χ2n) is 3.59. The Balaban J connectivity index is 0.00000361. The largest absolute Gasteiger partial charge is 0.497 e. The van der Waals surface area contributed by atoms with Gasteiger partial charge in [0.2, 0.25) is 0 Å². The van der Waals surface area contributed by atoms with E-state index in [0.717, 1.165) is 23.1 Å². The van der Waals surface area contributed by atoms with Crippen LogP contribution in [0.15, 0.2) is 29.8 Å². The summed E-state index contributed by atoms with van der Waals surface area (Å²) in [5.74, 6) is 0.619. The molecule has 0 saturated heterocycles. The number of thioether (sulfide) groups is 1. The fourth-order valence-corrected chi connectivity index (χ4v) is 1.86. The van der Waals surface area contributed by atoms with Crippen LogP contribution in [0.2, 0.25) is 0 Å². The molecule has 0 spiro atoms. The van der Waals surface area contributed by atoms with E-state index < -0.39 is 5.97 Å². The predicted octanol–water partition coefficient (Wildman–Crippen LogP) is 2.46. The van der Waals surface area contributed by atoms with Crippen molar-refractivity contribution in [2.45, 2.75) is 0 Å². The van der Waals surface area contributed by atoms with Crippen molar-refractivity contribution in [2.24, 2.45) is 5.73 Å². The van der Waals surface area contributed by atoms with Crippen molar-refractivity contribution in [1.29, 1.82) is 5.41 Å². The smallest absolute Gasteiger partial charge is 0.334 e. The van der Waals surface area contributed by atoms with Gasteiger partial charge in [-0.1, -0.05) is 23.9 Å². The van der Waals surface area contributed by atoms with Crippen LogP contribution in [0.5, 0.6) is 5.75 Å². The molecule has 0 aliphatic carbocycles. The van der Waals surface area contributed by atoms with Gasteiger partial charge in [0.1, 0.15) is 5.75 Å². The molecule has 0 unspecified atom stereocenters. The number of nitrogens with two attached hydrogens (primary N) is 1. The van der Waals surface area contributed by atoms with E-state index in [1.807, 2.05) is 12.1 Å². The van der Waals surface area contributed by atoms with Gasteiger partial charge in [-0.25, -0.2) is 4.79 Å². The number of carbonyl (C=O) groups is 1. The molecule has 0 heterocycles. The Morgan fingerprint density at radius 3 is 2.40 bits per heavy atom. The summed E-state index contributed by atoms with van der Waals surface area (Å²) in [7, 11) is 2.91. The Morgan fingerprint density at radius 1 is 1.35 bits per heavy atom. The maximum Gasteiger partial charge on any atom is 0.334 e. The average molecular weight is 361 g/mol. The summed E-state index contributed by atoms with van der Waals surface area (Å²) in [4.78, 5) is 11.6. The predicted molar refractivity (Wildman–Crippen MR) is 87.7 cm³/mol. The number of nitrogens with one attached hydrogen (secondary N) is 1. The van der Waals surface area contributed by atoms with Gasteiger partial charge in [0.25, 0.3) is 0 Å². The lowest BCUT2D eigenvalue weighted by atomic mass is 10.1. The van der Waals surface area contributed by atoms with Gasteiger partial charge < -0.3 is 15.2 Å². The molecule has 1 aromatic carbocycles. The number of rotatable bonds is 5. The number of methoxy groups -OCH3 is 2. The summed E-state index contributed by atoms with van der Waals surface area (Å²) < 4.78 is 9.77. The van der Waals surface area contributed by atoms with Crippen LogP contribution in [0.4, 0.5) is 0 Å². The molecule has 0 bridgehead atoms. The molecular weight excluding hydrogens is 344 g/mol. The second kappa shape index (κ2) is 9.44. The van der Waals surface area contributed by atoms with Crippen LogP contribution in [-0.4, -0.2) is 31.1 Å². The third kappa shape index (κ3) is 6.12. The summed E-state index contributed by atoms with van der Waals surface area (Å²) in [6, 6.07) is 7.28. The number of ether oxygens (including phenoxy) is 2. The van der Waals surface area contributed by atoms with E-state index in [-0.39, 0.29) is 22.1 Å². The van der Waals surface area contributed by atoms with Gasteiger partial charge >= 0.3 is 5.97 Å². The van der Waals surface area contributed by atoms with Crippen LogP contribution < -0.4 is 10.5 Å². The van der Waals surface area contributed by atoms with Crippen LogP contribution in [0.1, 0.15) is 5.56 Å². The van der Waals surface area contributed by atoms with Gasteiger partial charge in [0.05, 0.1) is 14.2 Å². The number of esters is 1. The maximum atomic E-state index is 11.6. The van der Waals surface area contributed by atoms with Crippen LogP contribution in [0.25, 0.3) is 6.08 Å². The zero-order chi connectivity index (χ0) is 14.3. The van der Waals surface area contributed by atoms with Gasteiger partial charge in [0.15, 0.2) is 5.17 Å². The number of benzene rings is 1. The quantitative estimate of drug-likeness (QED) is 0.364. The van der Waals surface area contributed by atoms with Crippen molar-refractivity contribution in [3.05, 3.63) is 35.4 Å². The summed E-state index contributed by atoms with van der Waals surface area (Å²) in [6.45, 7) is 0. The zero-order valence-electron chi connectivity index (χ0n) is 11.2. The lowest BCUT2D eigenvalue weighted by Crippen LogP contribution is -2.11. The molecule has 3 N–H and O–H groups in total. The van der Waals surface area contributed by atoms with Crippen LogP contribution in [0.3, 0.4) is 0 Å². The fraction of sp³-hybridized carbons (Fsp3) is 0.231. The molecule has 0 saturated carbocycles. The monoisotopic (exact) mass is 360 g/mol. The molecule has 0 fully saturated rings. The molecule has 0 radical (unpaired) electrons. The second-order valence-corrected chi connectivity index (χ2v) is 4.60. The third-order valence-electron chi connectivity index (χ3n) is 2.29. The summed E-state index contributed by atoms with van der Waals surface area (Å²) in [5.41, 5.74) is 6.57. The van der Waals surface area contributed by atoms with E-state index in [4.69, 9.17) is 20.6 Å².